The Morgan fingerprint density at radius 3 is 1.19 bits per heavy atom. The molecule has 0 saturated heterocycles. The molecule has 0 spiro atoms. The Labute approximate surface area is 281 Å². The smallest absolute Gasteiger partial charge is 0.159 e. The van der Waals surface area contributed by atoms with Crippen LogP contribution >= 0.6 is 15.8 Å². The fourth-order valence-electron chi connectivity index (χ4n) is 6.38. The molecule has 1 N–H and O–H groups in total. The Kier molecular flexibility index (Phi) is 10.1. The normalized spacial score (nSPS) is 12.1. The Balaban J connectivity index is 1.41. The third-order valence-corrected chi connectivity index (χ3v) is 13.5. The first kappa shape index (κ1) is 31.3. The van der Waals surface area contributed by atoms with Crippen LogP contribution in [-0.2, 0) is 0 Å². The number of fused-ring (bicyclic) bond motifs is 2. The number of para-hydroxylation sites is 2. The first-order chi connectivity index (χ1) is 23.3. The summed E-state index contributed by atoms with van der Waals surface area (Å²) in [6.45, 7) is 1.13. The summed E-state index contributed by atoms with van der Waals surface area (Å²) >= 11 is 0. The third kappa shape index (κ3) is 6.76. The predicted molar refractivity (Wildman–Crippen MR) is 203 cm³/mol. The van der Waals surface area contributed by atoms with Crippen molar-refractivity contribution in [1.29, 1.82) is 0 Å². The van der Waals surface area contributed by atoms with E-state index in [-0.39, 0.29) is 6.61 Å². The van der Waals surface area contributed by atoms with Gasteiger partial charge < -0.3 is 14.7 Å². The SMILES string of the molecule is OCCCCCCN1c2cccc(P(c3ccccc3)c3ccccc3)c2Oc2c1cccc2P(c1ccccc1)c1ccccc1. The molecule has 1 aliphatic rings. The molecule has 1 aliphatic heterocycles. The molecule has 7 rings (SSSR count). The maximum atomic E-state index is 9.39. The molecule has 0 fully saturated rings. The molecular weight excluding hydrogens is 612 g/mol. The lowest BCUT2D eigenvalue weighted by Crippen LogP contribution is -2.30. The molecule has 0 atom stereocenters. The van der Waals surface area contributed by atoms with Gasteiger partial charge in [0.05, 0.1) is 11.4 Å². The summed E-state index contributed by atoms with van der Waals surface area (Å²) in [7, 11) is -1.75. The van der Waals surface area contributed by atoms with Crippen molar-refractivity contribution in [3.63, 3.8) is 0 Å². The molecule has 5 heteroatoms. The molecule has 0 bridgehead atoms. The standard InChI is InChI=1S/C42H39NO2P2/c44-32-16-2-1-15-31-43-37-27-17-29-39(46(33-19-7-3-8-20-33)34-21-9-4-10-22-34)41(37)45-42-38(43)28-18-30-40(42)47(35-23-11-5-12-24-35)36-25-13-6-14-26-36/h3-14,17-30,44H,1-2,15-16,31-32H2. The van der Waals surface area contributed by atoms with Gasteiger partial charge in [-0.25, -0.2) is 0 Å². The topological polar surface area (TPSA) is 32.7 Å². The van der Waals surface area contributed by atoms with Gasteiger partial charge in [-0.3, -0.25) is 0 Å². The highest BCUT2D eigenvalue weighted by Gasteiger charge is 2.33. The average Bonchev–Trinajstić information content (AvgIpc) is 3.14. The molecule has 1 heterocycles. The summed E-state index contributed by atoms with van der Waals surface area (Å²) in [5.74, 6) is 1.91. The Bertz CT molecular complexity index is 1670. The Hall–Kier alpha value is -4.26. The molecule has 0 aliphatic carbocycles. The zero-order valence-electron chi connectivity index (χ0n) is 26.5. The number of anilines is 2. The van der Waals surface area contributed by atoms with Crippen LogP contribution in [0, 0.1) is 0 Å². The molecule has 0 aromatic heterocycles. The van der Waals surface area contributed by atoms with Crippen molar-refractivity contribution in [2.45, 2.75) is 25.7 Å². The molecular formula is C42H39NO2P2. The van der Waals surface area contributed by atoms with Gasteiger partial charge in [0.2, 0.25) is 0 Å². The van der Waals surface area contributed by atoms with E-state index >= 15 is 0 Å². The average molecular weight is 652 g/mol. The summed E-state index contributed by atoms with van der Waals surface area (Å²) < 4.78 is 7.32. The number of hydrogen-bond donors (Lipinski definition) is 1. The number of rotatable bonds is 12. The predicted octanol–water partition coefficient (Wildman–Crippen LogP) is 8.00. The Morgan fingerprint density at radius 2 is 0.809 bits per heavy atom. The zero-order chi connectivity index (χ0) is 31.8. The monoisotopic (exact) mass is 651 g/mol. The van der Waals surface area contributed by atoms with Crippen LogP contribution in [0.5, 0.6) is 11.5 Å². The fraction of sp³-hybridized carbons (Fsp3) is 0.143. The lowest BCUT2D eigenvalue weighted by Gasteiger charge is -2.37. The van der Waals surface area contributed by atoms with Crippen LogP contribution in [0.2, 0.25) is 0 Å². The van der Waals surface area contributed by atoms with E-state index in [0.717, 1.165) is 55.1 Å². The van der Waals surface area contributed by atoms with Gasteiger partial charge in [0.15, 0.2) is 11.5 Å². The number of nitrogens with zero attached hydrogens (tertiary/aromatic N) is 1. The van der Waals surface area contributed by atoms with Crippen LogP contribution in [0.3, 0.4) is 0 Å². The van der Waals surface area contributed by atoms with E-state index in [1.165, 1.54) is 31.8 Å². The van der Waals surface area contributed by atoms with Crippen molar-refractivity contribution in [2.75, 3.05) is 18.1 Å². The van der Waals surface area contributed by atoms with E-state index in [1.54, 1.807) is 0 Å². The van der Waals surface area contributed by atoms with Gasteiger partial charge in [-0.15, -0.1) is 0 Å². The van der Waals surface area contributed by atoms with Crippen LogP contribution in [0.15, 0.2) is 158 Å². The summed E-state index contributed by atoms with van der Waals surface area (Å²) in [6, 6.07) is 56.9. The highest BCUT2D eigenvalue weighted by atomic mass is 31.1. The molecule has 6 aromatic carbocycles. The summed E-state index contributed by atoms with van der Waals surface area (Å²) in [4.78, 5) is 2.49. The second-order valence-corrected chi connectivity index (χ2v) is 16.0. The second kappa shape index (κ2) is 15.1. The van der Waals surface area contributed by atoms with Crippen molar-refractivity contribution in [3.8, 4) is 11.5 Å². The number of unbranched alkanes of at least 4 members (excludes halogenated alkanes) is 3. The van der Waals surface area contributed by atoms with Gasteiger partial charge in [0.1, 0.15) is 0 Å². The van der Waals surface area contributed by atoms with Crippen LogP contribution in [-0.4, -0.2) is 18.3 Å². The molecule has 3 nitrogen and oxygen atoms in total. The van der Waals surface area contributed by atoms with Crippen LogP contribution in [0.4, 0.5) is 11.4 Å². The van der Waals surface area contributed by atoms with E-state index in [1.807, 2.05) is 0 Å². The summed E-state index contributed by atoms with van der Waals surface area (Å²) in [5.41, 5.74) is 2.25. The molecule has 6 aromatic rings. The quantitative estimate of drug-likeness (QED) is 0.108. The van der Waals surface area contributed by atoms with Gasteiger partial charge in [0, 0.05) is 23.8 Å². The Morgan fingerprint density at radius 1 is 0.426 bits per heavy atom. The molecule has 0 radical (unpaired) electrons. The zero-order valence-corrected chi connectivity index (χ0v) is 28.2. The van der Waals surface area contributed by atoms with Gasteiger partial charge in [-0.2, -0.15) is 0 Å². The van der Waals surface area contributed by atoms with E-state index in [9.17, 15) is 5.11 Å². The number of aliphatic hydroxyl groups excluding tert-OH is 1. The minimum atomic E-state index is -0.877. The molecule has 234 valence electrons. The maximum absolute atomic E-state index is 9.39. The first-order valence-electron chi connectivity index (χ1n) is 16.5. The largest absolute Gasteiger partial charge is 0.452 e. The van der Waals surface area contributed by atoms with Crippen molar-refractivity contribution >= 4 is 59.0 Å². The summed E-state index contributed by atoms with van der Waals surface area (Å²) in [6.07, 6.45) is 3.98. The third-order valence-electron chi connectivity index (χ3n) is 8.56. The molecule has 0 amide bonds. The van der Waals surface area contributed by atoms with Crippen molar-refractivity contribution < 1.29 is 9.84 Å². The lowest BCUT2D eigenvalue weighted by molar-refractivity contribution is 0.282. The van der Waals surface area contributed by atoms with Gasteiger partial charge in [0.25, 0.3) is 0 Å². The highest BCUT2D eigenvalue weighted by Crippen LogP contribution is 2.51. The van der Waals surface area contributed by atoms with Gasteiger partial charge >= 0.3 is 0 Å². The minimum Gasteiger partial charge on any atom is -0.452 e. The van der Waals surface area contributed by atoms with Crippen molar-refractivity contribution in [3.05, 3.63) is 158 Å². The van der Waals surface area contributed by atoms with Gasteiger partial charge in [-0.05, 0) is 74.2 Å². The van der Waals surface area contributed by atoms with E-state index in [0.29, 0.717) is 0 Å². The number of benzene rings is 6. The first-order valence-corrected chi connectivity index (χ1v) is 19.1. The van der Waals surface area contributed by atoms with E-state index < -0.39 is 15.8 Å². The minimum absolute atomic E-state index is 0.251. The highest BCUT2D eigenvalue weighted by molar-refractivity contribution is 7.80. The number of hydrogen-bond acceptors (Lipinski definition) is 3. The fourth-order valence-corrected chi connectivity index (χ4v) is 11.2. The maximum Gasteiger partial charge on any atom is 0.159 e. The second-order valence-electron chi connectivity index (χ2n) is 11.7. The number of aliphatic hydroxyl groups is 1. The van der Waals surface area contributed by atoms with Crippen molar-refractivity contribution in [2.24, 2.45) is 0 Å². The van der Waals surface area contributed by atoms with Crippen molar-refractivity contribution in [1.82, 2.24) is 0 Å². The molecule has 47 heavy (non-hydrogen) atoms. The van der Waals surface area contributed by atoms with E-state index in [4.69, 9.17) is 4.74 Å². The summed E-state index contributed by atoms with van der Waals surface area (Å²) in [5, 5.41) is 17.1. The van der Waals surface area contributed by atoms with Crippen LogP contribution in [0.25, 0.3) is 0 Å². The van der Waals surface area contributed by atoms with Crippen LogP contribution < -0.4 is 41.5 Å². The van der Waals surface area contributed by atoms with E-state index in [2.05, 4.69) is 163 Å². The van der Waals surface area contributed by atoms with Crippen LogP contribution in [0.1, 0.15) is 25.7 Å². The number of ether oxygens (including phenoxy) is 1. The van der Waals surface area contributed by atoms with Gasteiger partial charge in [-0.1, -0.05) is 146 Å². The lowest BCUT2D eigenvalue weighted by atomic mass is 10.1. The molecule has 0 saturated carbocycles. The molecule has 0 unspecified atom stereocenters.